The second kappa shape index (κ2) is 9.92. The topological polar surface area (TPSA) is 92.4 Å². The van der Waals surface area contributed by atoms with Crippen LogP contribution in [0.25, 0.3) is 0 Å². The summed E-state index contributed by atoms with van der Waals surface area (Å²) in [6.07, 6.45) is 2.70. The van der Waals surface area contributed by atoms with Crippen LogP contribution in [0.5, 0.6) is 5.75 Å². The number of hydrogen-bond donors (Lipinski definition) is 3. The van der Waals surface area contributed by atoms with E-state index < -0.39 is 0 Å². The fourth-order valence-corrected chi connectivity index (χ4v) is 2.05. The number of benzene rings is 1. The summed E-state index contributed by atoms with van der Waals surface area (Å²) < 4.78 is 5.46. The van der Waals surface area contributed by atoms with E-state index in [-0.39, 0.29) is 11.9 Å². The van der Waals surface area contributed by atoms with Gasteiger partial charge in [-0.3, -0.25) is 9.78 Å². The molecule has 0 aliphatic carbocycles. The van der Waals surface area contributed by atoms with Crippen molar-refractivity contribution in [3.05, 3.63) is 54.4 Å². The number of pyridine rings is 1. The van der Waals surface area contributed by atoms with E-state index in [0.717, 1.165) is 5.69 Å². The predicted octanol–water partition coefficient (Wildman–Crippen LogP) is 1.96. The van der Waals surface area contributed by atoms with Gasteiger partial charge in [-0.05, 0) is 36.4 Å². The molecular weight excluding hydrogens is 320 g/mol. The third-order valence-corrected chi connectivity index (χ3v) is 3.38. The molecule has 2 rings (SSSR count). The molecule has 0 radical (unpaired) electrons. The molecule has 7 heteroatoms. The molecular formula is C18H22N4O3. The molecule has 2 aromatic rings. The predicted molar refractivity (Wildman–Crippen MR) is 95.6 cm³/mol. The number of ether oxygens (including phenoxy) is 1. The van der Waals surface area contributed by atoms with Crippen LogP contribution in [0.4, 0.5) is 10.5 Å². The summed E-state index contributed by atoms with van der Waals surface area (Å²) in [5.74, 6) is 0.575. The molecule has 1 aromatic carbocycles. The average molecular weight is 342 g/mol. The van der Waals surface area contributed by atoms with Gasteiger partial charge in [-0.15, -0.1) is 0 Å². The van der Waals surface area contributed by atoms with Crippen LogP contribution in [0, 0.1) is 0 Å². The van der Waals surface area contributed by atoms with Crippen LogP contribution < -0.4 is 20.7 Å². The third kappa shape index (κ3) is 6.90. The van der Waals surface area contributed by atoms with Gasteiger partial charge < -0.3 is 20.7 Å². The number of carbonyl (C=O) groups excluding carboxylic acids is 2. The largest absolute Gasteiger partial charge is 0.493 e. The van der Waals surface area contributed by atoms with Crippen LogP contribution in [0.3, 0.4) is 0 Å². The van der Waals surface area contributed by atoms with E-state index >= 15 is 0 Å². The minimum Gasteiger partial charge on any atom is -0.493 e. The van der Waals surface area contributed by atoms with Gasteiger partial charge in [-0.25, -0.2) is 4.79 Å². The van der Waals surface area contributed by atoms with Gasteiger partial charge in [0.1, 0.15) is 5.75 Å². The van der Waals surface area contributed by atoms with Crippen LogP contribution in [-0.4, -0.2) is 37.1 Å². The Hall–Kier alpha value is -3.09. The van der Waals surface area contributed by atoms with Crippen molar-refractivity contribution >= 4 is 17.6 Å². The zero-order valence-corrected chi connectivity index (χ0v) is 14.1. The molecule has 0 aliphatic heterocycles. The second-order valence-corrected chi connectivity index (χ2v) is 5.25. The lowest BCUT2D eigenvalue weighted by Gasteiger charge is -2.09. The van der Waals surface area contributed by atoms with Crippen molar-refractivity contribution in [1.82, 2.24) is 15.6 Å². The molecule has 0 saturated carbocycles. The highest BCUT2D eigenvalue weighted by Crippen LogP contribution is 2.15. The lowest BCUT2D eigenvalue weighted by molar-refractivity contribution is -0.121. The minimum absolute atomic E-state index is 0.0688. The molecule has 0 unspecified atom stereocenters. The number of anilines is 1. The summed E-state index contributed by atoms with van der Waals surface area (Å²) in [7, 11) is 1.59. The maximum Gasteiger partial charge on any atom is 0.319 e. The molecule has 0 aliphatic rings. The summed E-state index contributed by atoms with van der Waals surface area (Å²) in [5, 5.41) is 8.06. The monoisotopic (exact) mass is 342 g/mol. The Morgan fingerprint density at radius 1 is 1.12 bits per heavy atom. The second-order valence-electron chi connectivity index (χ2n) is 5.25. The molecule has 1 heterocycles. The van der Waals surface area contributed by atoms with Crippen molar-refractivity contribution in [3.8, 4) is 5.75 Å². The highest BCUT2D eigenvalue weighted by Gasteiger charge is 2.03. The van der Waals surface area contributed by atoms with Gasteiger partial charge in [0.25, 0.3) is 0 Å². The summed E-state index contributed by atoms with van der Waals surface area (Å²) in [5.41, 5.74) is 1.59. The number of amides is 3. The van der Waals surface area contributed by atoms with E-state index in [1.807, 2.05) is 18.2 Å². The highest BCUT2D eigenvalue weighted by atomic mass is 16.5. The van der Waals surface area contributed by atoms with E-state index in [1.54, 1.807) is 37.5 Å². The number of carbonyl (C=O) groups is 2. The molecule has 7 nitrogen and oxygen atoms in total. The summed E-state index contributed by atoms with van der Waals surface area (Å²) in [4.78, 5) is 27.2. The summed E-state index contributed by atoms with van der Waals surface area (Å²) in [6.45, 7) is 0.810. The Balaban J connectivity index is 1.69. The van der Waals surface area contributed by atoms with Gasteiger partial charge in [0.2, 0.25) is 5.91 Å². The van der Waals surface area contributed by atoms with Crippen LogP contribution in [0.2, 0.25) is 0 Å². The number of aromatic nitrogens is 1. The summed E-state index contributed by atoms with van der Waals surface area (Å²) in [6, 6.07) is 12.4. The minimum atomic E-state index is -0.274. The molecule has 132 valence electrons. The number of rotatable bonds is 8. The molecule has 0 fully saturated rings. The SMILES string of the molecule is CNC(=O)CCOc1ccc(NC(=O)NCCc2ccccn2)cc1. The Morgan fingerprint density at radius 2 is 1.92 bits per heavy atom. The zero-order valence-electron chi connectivity index (χ0n) is 14.1. The Labute approximate surface area is 146 Å². The average Bonchev–Trinajstić information content (AvgIpc) is 2.64. The first-order valence-electron chi connectivity index (χ1n) is 8.05. The molecule has 1 aromatic heterocycles. The first kappa shape index (κ1) is 18.3. The molecule has 0 bridgehead atoms. The van der Waals surface area contributed by atoms with Crippen molar-refractivity contribution in [2.75, 3.05) is 25.5 Å². The van der Waals surface area contributed by atoms with Crippen LogP contribution >= 0.6 is 0 Å². The lowest BCUT2D eigenvalue weighted by Crippen LogP contribution is -2.30. The van der Waals surface area contributed by atoms with E-state index in [0.29, 0.717) is 37.4 Å². The molecule has 3 amide bonds. The molecule has 3 N–H and O–H groups in total. The van der Waals surface area contributed by atoms with Crippen LogP contribution in [0.1, 0.15) is 12.1 Å². The summed E-state index contributed by atoms with van der Waals surface area (Å²) >= 11 is 0. The van der Waals surface area contributed by atoms with Gasteiger partial charge in [-0.1, -0.05) is 6.07 Å². The molecule has 25 heavy (non-hydrogen) atoms. The quantitative estimate of drug-likeness (QED) is 0.684. The van der Waals surface area contributed by atoms with E-state index in [1.165, 1.54) is 0 Å². The van der Waals surface area contributed by atoms with Gasteiger partial charge >= 0.3 is 6.03 Å². The lowest BCUT2D eigenvalue weighted by atomic mass is 10.3. The molecule has 0 saturated heterocycles. The fourth-order valence-electron chi connectivity index (χ4n) is 2.05. The van der Waals surface area contributed by atoms with Crippen LogP contribution in [0.15, 0.2) is 48.7 Å². The normalized spacial score (nSPS) is 9.96. The number of nitrogens with one attached hydrogen (secondary N) is 3. The van der Waals surface area contributed by atoms with Crippen LogP contribution in [-0.2, 0) is 11.2 Å². The van der Waals surface area contributed by atoms with E-state index in [9.17, 15) is 9.59 Å². The van der Waals surface area contributed by atoms with Crippen molar-refractivity contribution < 1.29 is 14.3 Å². The Kier molecular flexibility index (Phi) is 7.24. The number of nitrogens with zero attached hydrogens (tertiary/aromatic N) is 1. The van der Waals surface area contributed by atoms with Gasteiger partial charge in [0.05, 0.1) is 13.0 Å². The Morgan fingerprint density at radius 3 is 2.60 bits per heavy atom. The van der Waals surface area contributed by atoms with Crippen molar-refractivity contribution in [2.45, 2.75) is 12.8 Å². The van der Waals surface area contributed by atoms with E-state index in [4.69, 9.17) is 4.74 Å². The Bertz CT molecular complexity index is 674. The van der Waals surface area contributed by atoms with Crippen molar-refractivity contribution in [1.29, 1.82) is 0 Å². The first-order chi connectivity index (χ1) is 12.2. The van der Waals surface area contributed by atoms with Gasteiger partial charge in [-0.2, -0.15) is 0 Å². The molecule has 0 spiro atoms. The first-order valence-corrected chi connectivity index (χ1v) is 8.05. The number of urea groups is 1. The smallest absolute Gasteiger partial charge is 0.319 e. The highest BCUT2D eigenvalue weighted by molar-refractivity contribution is 5.89. The fraction of sp³-hybridized carbons (Fsp3) is 0.278. The van der Waals surface area contributed by atoms with Gasteiger partial charge in [0, 0.05) is 37.6 Å². The maximum atomic E-state index is 11.8. The van der Waals surface area contributed by atoms with E-state index in [2.05, 4.69) is 20.9 Å². The standard InChI is InChI=1S/C18H22N4O3/c1-19-17(23)10-13-25-16-7-5-15(6-8-16)22-18(24)21-12-9-14-4-2-3-11-20-14/h2-8,11H,9-10,12-13H2,1H3,(H,19,23)(H2,21,22,24). The van der Waals surface area contributed by atoms with Crippen molar-refractivity contribution in [2.24, 2.45) is 0 Å². The number of hydrogen-bond acceptors (Lipinski definition) is 4. The zero-order chi connectivity index (χ0) is 17.9. The van der Waals surface area contributed by atoms with Gasteiger partial charge in [0.15, 0.2) is 0 Å². The third-order valence-electron chi connectivity index (χ3n) is 3.38. The van der Waals surface area contributed by atoms with Crippen molar-refractivity contribution in [3.63, 3.8) is 0 Å². The molecule has 0 atom stereocenters. The maximum absolute atomic E-state index is 11.8.